The van der Waals surface area contributed by atoms with Crippen LogP contribution in [0.25, 0.3) is 0 Å². The molecule has 6 N–H and O–H groups in total. The Balaban J connectivity index is 2.09. The monoisotopic (exact) mass is 541 g/mol. The molecule has 0 spiro atoms. The van der Waals surface area contributed by atoms with Gasteiger partial charge in [-0.2, -0.15) is 0 Å². The van der Waals surface area contributed by atoms with Crippen molar-refractivity contribution < 1.29 is 24.6 Å². The lowest BCUT2D eigenvalue weighted by atomic mass is 9.96. The molecule has 2 aromatic rings. The number of carbonyl (C=O) groups excluding carboxylic acids is 3. The van der Waals surface area contributed by atoms with Crippen molar-refractivity contribution in [3.8, 4) is 0 Å². The largest absolute Gasteiger partial charge is 0.382 e. The van der Waals surface area contributed by atoms with E-state index < -0.39 is 48.2 Å². The van der Waals surface area contributed by atoms with E-state index in [1.54, 1.807) is 19.1 Å². The molecule has 1 aromatic heterocycles. The van der Waals surface area contributed by atoms with Gasteiger partial charge in [0.15, 0.2) is 0 Å². The zero-order chi connectivity index (χ0) is 28.9. The topological polar surface area (TPSA) is 153 Å². The second kappa shape index (κ2) is 15.9. The summed E-state index contributed by atoms with van der Waals surface area (Å²) in [6, 6.07) is 9.86. The summed E-state index contributed by atoms with van der Waals surface area (Å²) in [5.41, 5.74) is 1.22. The Morgan fingerprint density at radius 1 is 0.846 bits per heavy atom. The molecule has 3 amide bonds. The van der Waals surface area contributed by atoms with Gasteiger partial charge < -0.3 is 26.2 Å². The minimum absolute atomic E-state index is 0.0491. The highest BCUT2D eigenvalue weighted by molar-refractivity contribution is 5.97. The number of amides is 3. The molecule has 5 atom stereocenters. The molecule has 1 heterocycles. The van der Waals surface area contributed by atoms with Gasteiger partial charge in [-0.15, -0.1) is 0 Å². The fourth-order valence-corrected chi connectivity index (χ4v) is 4.14. The Labute approximate surface area is 231 Å². The first-order chi connectivity index (χ1) is 18.6. The second-order valence-corrected chi connectivity index (χ2v) is 10.1. The number of hydrogen-bond acceptors (Lipinski definition) is 7. The Hall–Kier alpha value is -3.34. The first-order valence-corrected chi connectivity index (χ1v) is 13.5. The molecule has 0 saturated carbocycles. The van der Waals surface area contributed by atoms with Gasteiger partial charge in [0.2, 0.25) is 5.91 Å². The first kappa shape index (κ1) is 31.9. The van der Waals surface area contributed by atoms with Crippen LogP contribution in [0.4, 0.5) is 0 Å². The van der Waals surface area contributed by atoms with E-state index in [1.165, 1.54) is 12.4 Å². The molecule has 10 heteroatoms. The lowest BCUT2D eigenvalue weighted by molar-refractivity contribution is -0.133. The number of aromatic nitrogens is 1. The number of aliphatic hydroxyl groups is 2. The molecule has 0 fully saturated rings. The number of rotatable bonds is 15. The van der Waals surface area contributed by atoms with Gasteiger partial charge in [-0.3, -0.25) is 24.7 Å². The lowest BCUT2D eigenvalue weighted by Gasteiger charge is -2.32. The van der Waals surface area contributed by atoms with E-state index in [0.717, 1.165) is 18.4 Å². The molecule has 214 valence electrons. The van der Waals surface area contributed by atoms with Crippen LogP contribution in [0.15, 0.2) is 54.9 Å². The zero-order valence-electron chi connectivity index (χ0n) is 23.4. The van der Waals surface area contributed by atoms with Gasteiger partial charge in [-0.05, 0) is 43.4 Å². The summed E-state index contributed by atoms with van der Waals surface area (Å²) in [4.78, 5) is 42.6. The fourth-order valence-electron chi connectivity index (χ4n) is 4.14. The third-order valence-electron chi connectivity index (χ3n) is 6.71. The van der Waals surface area contributed by atoms with Crippen LogP contribution in [0.2, 0.25) is 0 Å². The van der Waals surface area contributed by atoms with E-state index in [0.29, 0.717) is 5.56 Å². The third-order valence-corrected chi connectivity index (χ3v) is 6.71. The molecule has 2 rings (SSSR count). The van der Waals surface area contributed by atoms with Gasteiger partial charge in [-0.25, -0.2) is 0 Å². The van der Waals surface area contributed by atoms with Crippen LogP contribution in [0.5, 0.6) is 0 Å². The smallest absolute Gasteiger partial charge is 0.252 e. The van der Waals surface area contributed by atoms with Crippen molar-refractivity contribution in [3.63, 3.8) is 0 Å². The van der Waals surface area contributed by atoms with E-state index in [-0.39, 0.29) is 18.4 Å². The average Bonchev–Trinajstić information content (AvgIpc) is 2.94. The number of aliphatic hydroxyl groups excluding tert-OH is 2. The zero-order valence-corrected chi connectivity index (χ0v) is 23.4. The van der Waals surface area contributed by atoms with Crippen molar-refractivity contribution in [2.24, 2.45) is 5.92 Å². The maximum Gasteiger partial charge on any atom is 0.252 e. The molecule has 0 aliphatic rings. The number of nitrogens with zero attached hydrogens (tertiary/aromatic N) is 1. The SMILES string of the molecule is CCC(CC)NC(=O)C(O)C(NC(O)C(C)NC(=O)C(Cc1ccccc1)NC(=O)c1ccncc1)C(C)C. The first-order valence-electron chi connectivity index (χ1n) is 13.5. The molecule has 0 saturated heterocycles. The van der Waals surface area contributed by atoms with Gasteiger partial charge in [0.05, 0.1) is 6.04 Å². The van der Waals surface area contributed by atoms with Gasteiger partial charge in [0.25, 0.3) is 11.8 Å². The van der Waals surface area contributed by atoms with Crippen LogP contribution in [-0.4, -0.2) is 69.4 Å². The van der Waals surface area contributed by atoms with Crippen LogP contribution in [0, 0.1) is 5.92 Å². The maximum atomic E-state index is 13.3. The van der Waals surface area contributed by atoms with Gasteiger partial charge >= 0.3 is 0 Å². The molecule has 1 aromatic carbocycles. The van der Waals surface area contributed by atoms with E-state index in [4.69, 9.17) is 0 Å². The Bertz CT molecular complexity index is 1030. The van der Waals surface area contributed by atoms with Crippen LogP contribution < -0.4 is 21.3 Å². The van der Waals surface area contributed by atoms with Gasteiger partial charge in [0.1, 0.15) is 18.4 Å². The second-order valence-electron chi connectivity index (χ2n) is 10.1. The quantitative estimate of drug-likeness (QED) is 0.187. The summed E-state index contributed by atoms with van der Waals surface area (Å²) in [7, 11) is 0. The van der Waals surface area contributed by atoms with E-state index in [1.807, 2.05) is 58.0 Å². The molecular weight excluding hydrogens is 498 g/mol. The summed E-state index contributed by atoms with van der Waals surface area (Å²) in [6.07, 6.45) is 2.04. The molecule has 39 heavy (non-hydrogen) atoms. The molecule has 0 radical (unpaired) electrons. The minimum atomic E-state index is -1.39. The van der Waals surface area contributed by atoms with E-state index in [2.05, 4.69) is 26.3 Å². The fraction of sp³-hybridized carbons (Fsp3) is 0.517. The Kier molecular flexibility index (Phi) is 13.0. The summed E-state index contributed by atoms with van der Waals surface area (Å²) < 4.78 is 0. The van der Waals surface area contributed by atoms with Crippen molar-refractivity contribution in [2.75, 3.05) is 0 Å². The highest BCUT2D eigenvalue weighted by Crippen LogP contribution is 2.11. The number of nitrogens with one attached hydrogen (secondary N) is 4. The molecule has 10 nitrogen and oxygen atoms in total. The number of carbonyl (C=O) groups is 3. The molecule has 5 unspecified atom stereocenters. The van der Waals surface area contributed by atoms with Crippen LogP contribution in [0.1, 0.15) is 63.4 Å². The molecular formula is C29H43N5O5. The number of benzene rings is 1. The van der Waals surface area contributed by atoms with Crippen molar-refractivity contribution >= 4 is 17.7 Å². The van der Waals surface area contributed by atoms with E-state index in [9.17, 15) is 24.6 Å². The summed E-state index contributed by atoms with van der Waals surface area (Å²) in [6.45, 7) is 9.17. The van der Waals surface area contributed by atoms with E-state index >= 15 is 0 Å². The van der Waals surface area contributed by atoms with Crippen molar-refractivity contribution in [1.29, 1.82) is 0 Å². The predicted molar refractivity (Wildman–Crippen MR) is 150 cm³/mol. The van der Waals surface area contributed by atoms with Crippen LogP contribution in [0.3, 0.4) is 0 Å². The molecule has 0 aliphatic heterocycles. The third kappa shape index (κ3) is 10.0. The Morgan fingerprint density at radius 2 is 1.46 bits per heavy atom. The minimum Gasteiger partial charge on any atom is -0.382 e. The summed E-state index contributed by atoms with van der Waals surface area (Å²) in [5.74, 6) is -1.62. The maximum absolute atomic E-state index is 13.3. The van der Waals surface area contributed by atoms with Gasteiger partial charge in [-0.1, -0.05) is 58.0 Å². The van der Waals surface area contributed by atoms with Crippen molar-refractivity contribution in [3.05, 3.63) is 66.0 Å². The highest BCUT2D eigenvalue weighted by Gasteiger charge is 2.33. The molecule has 0 bridgehead atoms. The summed E-state index contributed by atoms with van der Waals surface area (Å²) in [5, 5.41) is 32.9. The standard InChI is InChI=1S/C29H43N5O5/c1-6-22(7-2)32-29(39)25(35)24(18(3)4)34-26(36)19(5)31-28(38)23(17-20-11-9-8-10-12-20)33-27(37)21-13-15-30-16-14-21/h8-16,18-19,22-26,34-36H,6-7,17H2,1-5H3,(H,31,38)(H,32,39)(H,33,37). The van der Waals surface area contributed by atoms with Gasteiger partial charge in [0, 0.05) is 36.5 Å². The van der Waals surface area contributed by atoms with Crippen molar-refractivity contribution in [1.82, 2.24) is 26.3 Å². The average molecular weight is 542 g/mol. The lowest BCUT2D eigenvalue weighted by Crippen LogP contribution is -2.60. The van der Waals surface area contributed by atoms with Crippen LogP contribution in [-0.2, 0) is 16.0 Å². The normalized spacial score (nSPS) is 15.2. The molecule has 0 aliphatic carbocycles. The highest BCUT2D eigenvalue weighted by atomic mass is 16.3. The van der Waals surface area contributed by atoms with Crippen LogP contribution >= 0.6 is 0 Å². The number of hydrogen-bond donors (Lipinski definition) is 6. The summed E-state index contributed by atoms with van der Waals surface area (Å²) >= 11 is 0. The Morgan fingerprint density at radius 3 is 2.03 bits per heavy atom. The number of pyridine rings is 1. The predicted octanol–water partition coefficient (Wildman–Crippen LogP) is 1.53. The van der Waals surface area contributed by atoms with Crippen molar-refractivity contribution in [2.45, 2.75) is 90.4 Å².